The molecule has 1 saturated heterocycles. The summed E-state index contributed by atoms with van der Waals surface area (Å²) in [7, 11) is 0. The van der Waals surface area contributed by atoms with Crippen LogP contribution in [0.5, 0.6) is 5.75 Å². The molecular weight excluding hydrogens is 459 g/mol. The number of carbonyl (C=O) groups excluding carboxylic acids is 3. The van der Waals surface area contributed by atoms with Crippen LogP contribution in [0.1, 0.15) is 11.1 Å². The molecule has 1 aliphatic rings. The van der Waals surface area contributed by atoms with Crippen molar-refractivity contribution in [3.05, 3.63) is 62.5 Å². The fourth-order valence-electron chi connectivity index (χ4n) is 2.77. The van der Waals surface area contributed by atoms with Gasteiger partial charge in [-0.15, -0.1) is 6.42 Å². The maximum Gasteiger partial charge on any atom is 0.294 e. The van der Waals surface area contributed by atoms with Gasteiger partial charge in [-0.2, -0.15) is 0 Å². The quantitative estimate of drug-likeness (QED) is 0.471. The summed E-state index contributed by atoms with van der Waals surface area (Å²) < 4.78 is 5.30. The molecule has 0 radical (unpaired) electrons. The zero-order chi connectivity index (χ0) is 22.5. The van der Waals surface area contributed by atoms with Gasteiger partial charge in [0.1, 0.15) is 13.2 Å². The van der Waals surface area contributed by atoms with Crippen molar-refractivity contribution < 1.29 is 19.1 Å². The fourth-order valence-corrected chi connectivity index (χ4v) is 4.22. The molecular formula is C22H16Cl2N2O4S. The van der Waals surface area contributed by atoms with E-state index in [9.17, 15) is 14.4 Å². The lowest BCUT2D eigenvalue weighted by Crippen LogP contribution is -2.36. The van der Waals surface area contributed by atoms with Crippen LogP contribution in [0.25, 0.3) is 6.08 Å². The van der Waals surface area contributed by atoms with E-state index in [0.29, 0.717) is 11.3 Å². The number of benzene rings is 2. The number of ether oxygens (including phenoxy) is 1. The number of rotatable bonds is 6. The molecule has 0 saturated carbocycles. The number of nitrogens with zero attached hydrogens (tertiary/aromatic N) is 1. The third-order valence-corrected chi connectivity index (χ3v) is 5.56. The smallest absolute Gasteiger partial charge is 0.294 e. The number of imide groups is 1. The number of anilines is 1. The molecule has 2 aromatic carbocycles. The lowest BCUT2D eigenvalue weighted by Gasteiger charge is -2.12. The second-order valence-corrected chi connectivity index (χ2v) is 8.30. The number of halogens is 2. The van der Waals surface area contributed by atoms with E-state index in [-0.39, 0.29) is 27.3 Å². The normalized spacial score (nSPS) is 14.6. The molecule has 158 valence electrons. The van der Waals surface area contributed by atoms with Gasteiger partial charge in [-0.3, -0.25) is 19.3 Å². The molecule has 3 amide bonds. The highest BCUT2D eigenvalue weighted by Crippen LogP contribution is 2.37. The van der Waals surface area contributed by atoms with Crippen molar-refractivity contribution in [2.45, 2.75) is 6.92 Å². The molecule has 31 heavy (non-hydrogen) atoms. The molecule has 6 nitrogen and oxygen atoms in total. The molecule has 9 heteroatoms. The molecule has 0 aliphatic carbocycles. The monoisotopic (exact) mass is 474 g/mol. The van der Waals surface area contributed by atoms with Crippen molar-refractivity contribution in [3.8, 4) is 18.1 Å². The van der Waals surface area contributed by atoms with Crippen molar-refractivity contribution in [1.82, 2.24) is 4.90 Å². The van der Waals surface area contributed by atoms with Crippen LogP contribution in [-0.4, -0.2) is 35.1 Å². The SMILES string of the molecule is C#CCOc1c(Cl)cc(/C=C2/SC(=O)N(CC(=O)Nc3cccc(C)c3)C2=O)cc1Cl. The molecule has 0 spiro atoms. The first-order valence-electron chi connectivity index (χ1n) is 8.95. The standard InChI is InChI=1S/C22H16Cl2N2O4S/c1-3-7-30-20-16(23)9-14(10-17(20)24)11-18-21(28)26(22(29)31-18)12-19(27)25-15-6-4-5-13(2)8-15/h1,4-6,8-11H,7,12H2,2H3,(H,25,27)/b18-11+. The molecule has 1 aliphatic heterocycles. The molecule has 1 fully saturated rings. The van der Waals surface area contributed by atoms with Crippen LogP contribution in [0.4, 0.5) is 10.5 Å². The summed E-state index contributed by atoms with van der Waals surface area (Å²) in [5.74, 6) is 1.50. The van der Waals surface area contributed by atoms with E-state index < -0.39 is 23.6 Å². The predicted octanol–water partition coefficient (Wildman–Crippen LogP) is 4.99. The summed E-state index contributed by atoms with van der Waals surface area (Å²) in [5, 5.41) is 2.56. The summed E-state index contributed by atoms with van der Waals surface area (Å²) in [6.45, 7) is 1.50. The molecule has 0 aromatic heterocycles. The highest BCUT2D eigenvalue weighted by Gasteiger charge is 2.36. The van der Waals surface area contributed by atoms with Crippen molar-refractivity contribution in [3.63, 3.8) is 0 Å². The van der Waals surface area contributed by atoms with Crippen LogP contribution >= 0.6 is 35.0 Å². The minimum absolute atomic E-state index is 0.00227. The second kappa shape index (κ2) is 9.92. The fraction of sp³-hybridized carbons (Fsp3) is 0.136. The summed E-state index contributed by atoms with van der Waals surface area (Å²) in [5.41, 5.74) is 2.06. The Kier molecular flexibility index (Phi) is 7.29. The molecule has 0 bridgehead atoms. The Morgan fingerprint density at radius 1 is 1.26 bits per heavy atom. The average Bonchev–Trinajstić information content (AvgIpc) is 2.95. The number of aryl methyl sites for hydroxylation is 1. The Hall–Kier alpha value is -2.92. The van der Waals surface area contributed by atoms with E-state index in [0.717, 1.165) is 22.2 Å². The third kappa shape index (κ3) is 5.61. The van der Waals surface area contributed by atoms with Crippen molar-refractivity contribution in [1.29, 1.82) is 0 Å². The van der Waals surface area contributed by atoms with Crippen LogP contribution in [0, 0.1) is 19.3 Å². The first-order chi connectivity index (χ1) is 14.8. The second-order valence-electron chi connectivity index (χ2n) is 6.49. The van der Waals surface area contributed by atoms with Gasteiger partial charge in [0.05, 0.1) is 15.0 Å². The number of amides is 3. The topological polar surface area (TPSA) is 75.7 Å². The average molecular weight is 475 g/mol. The lowest BCUT2D eigenvalue weighted by atomic mass is 10.2. The highest BCUT2D eigenvalue weighted by molar-refractivity contribution is 8.18. The highest BCUT2D eigenvalue weighted by atomic mass is 35.5. The van der Waals surface area contributed by atoms with Gasteiger partial charge in [0, 0.05) is 5.69 Å². The van der Waals surface area contributed by atoms with Gasteiger partial charge in [0.2, 0.25) is 5.91 Å². The maximum atomic E-state index is 12.7. The van der Waals surface area contributed by atoms with Gasteiger partial charge in [0.25, 0.3) is 11.1 Å². The largest absolute Gasteiger partial charge is 0.478 e. The van der Waals surface area contributed by atoms with E-state index in [1.807, 2.05) is 13.0 Å². The molecule has 1 N–H and O–H groups in total. The first-order valence-corrected chi connectivity index (χ1v) is 10.5. The summed E-state index contributed by atoms with van der Waals surface area (Å²) in [4.78, 5) is 38.3. The van der Waals surface area contributed by atoms with Crippen LogP contribution in [0.2, 0.25) is 10.0 Å². The molecule has 2 aromatic rings. The Labute approximate surface area is 193 Å². The zero-order valence-electron chi connectivity index (χ0n) is 16.3. The molecule has 1 heterocycles. The predicted molar refractivity (Wildman–Crippen MR) is 123 cm³/mol. The Balaban J connectivity index is 1.73. The van der Waals surface area contributed by atoms with E-state index in [1.165, 1.54) is 18.2 Å². The molecule has 0 atom stereocenters. The Morgan fingerprint density at radius 2 is 1.97 bits per heavy atom. The number of carbonyl (C=O) groups is 3. The minimum Gasteiger partial charge on any atom is -0.478 e. The summed E-state index contributed by atoms with van der Waals surface area (Å²) >= 11 is 13.1. The van der Waals surface area contributed by atoms with Gasteiger partial charge in [-0.1, -0.05) is 41.3 Å². The minimum atomic E-state index is -0.575. The van der Waals surface area contributed by atoms with Crippen molar-refractivity contribution in [2.75, 3.05) is 18.5 Å². The number of hydrogen-bond donors (Lipinski definition) is 1. The van der Waals surface area contributed by atoms with E-state index in [1.54, 1.807) is 18.2 Å². The summed E-state index contributed by atoms with van der Waals surface area (Å²) in [6, 6.07) is 10.3. The molecule has 3 rings (SSSR count). The van der Waals surface area contributed by atoms with Gasteiger partial charge in [-0.05, 0) is 60.2 Å². The number of hydrogen-bond acceptors (Lipinski definition) is 5. The lowest BCUT2D eigenvalue weighted by molar-refractivity contribution is -0.127. The van der Waals surface area contributed by atoms with Crippen LogP contribution < -0.4 is 10.1 Å². The van der Waals surface area contributed by atoms with Gasteiger partial charge < -0.3 is 10.1 Å². The Morgan fingerprint density at radius 3 is 2.61 bits per heavy atom. The van der Waals surface area contributed by atoms with E-state index in [2.05, 4.69) is 11.2 Å². The number of thioether (sulfide) groups is 1. The van der Waals surface area contributed by atoms with Gasteiger partial charge in [-0.25, -0.2) is 0 Å². The number of terminal acetylenes is 1. The van der Waals surface area contributed by atoms with Crippen molar-refractivity contribution in [2.24, 2.45) is 0 Å². The maximum absolute atomic E-state index is 12.7. The first kappa shape index (κ1) is 22.8. The Bertz CT molecular complexity index is 1120. The van der Waals surface area contributed by atoms with Gasteiger partial charge >= 0.3 is 0 Å². The van der Waals surface area contributed by atoms with E-state index in [4.69, 9.17) is 34.4 Å². The van der Waals surface area contributed by atoms with Crippen molar-refractivity contribution >= 4 is 63.8 Å². The summed E-state index contributed by atoms with van der Waals surface area (Å²) in [6.07, 6.45) is 6.64. The van der Waals surface area contributed by atoms with Crippen LogP contribution in [-0.2, 0) is 9.59 Å². The molecule has 0 unspecified atom stereocenters. The van der Waals surface area contributed by atoms with Crippen LogP contribution in [0.15, 0.2) is 41.3 Å². The van der Waals surface area contributed by atoms with Crippen LogP contribution in [0.3, 0.4) is 0 Å². The van der Waals surface area contributed by atoms with Gasteiger partial charge in [0.15, 0.2) is 5.75 Å². The zero-order valence-corrected chi connectivity index (χ0v) is 18.6. The number of nitrogens with one attached hydrogen (secondary N) is 1. The van der Waals surface area contributed by atoms with E-state index >= 15 is 0 Å². The third-order valence-electron chi connectivity index (χ3n) is 4.10.